The Morgan fingerprint density at radius 1 is 0.870 bits per heavy atom. The van der Waals surface area contributed by atoms with Gasteiger partial charge in [0.05, 0.1) is 0 Å². The highest BCUT2D eigenvalue weighted by atomic mass is 16.3. The third kappa shape index (κ3) is 2.36. The fraction of sp³-hybridized carbons (Fsp3) is 0.0500. The predicted molar refractivity (Wildman–Crippen MR) is 94.0 cm³/mol. The zero-order chi connectivity index (χ0) is 15.8. The van der Waals surface area contributed by atoms with E-state index < -0.39 is 0 Å². The molecule has 0 atom stereocenters. The summed E-state index contributed by atoms with van der Waals surface area (Å²) in [6.07, 6.45) is 0. The molecule has 0 unspecified atom stereocenters. The minimum Gasteiger partial charge on any atom is -0.436 e. The van der Waals surface area contributed by atoms with E-state index in [4.69, 9.17) is 15.1 Å². The summed E-state index contributed by atoms with van der Waals surface area (Å²) in [5.41, 5.74) is 12.5. The van der Waals surface area contributed by atoms with E-state index in [0.717, 1.165) is 39.0 Å². The number of benzene rings is 3. The smallest absolute Gasteiger partial charge is 0.227 e. The minimum absolute atomic E-state index is 0.593. The van der Waals surface area contributed by atoms with Crippen molar-refractivity contribution in [3.8, 4) is 22.6 Å². The monoisotopic (exact) mass is 300 g/mol. The highest BCUT2D eigenvalue weighted by Crippen LogP contribution is 2.32. The van der Waals surface area contributed by atoms with Gasteiger partial charge in [-0.2, -0.15) is 0 Å². The van der Waals surface area contributed by atoms with Crippen LogP contribution in [0.4, 0.5) is 5.69 Å². The van der Waals surface area contributed by atoms with Gasteiger partial charge in [-0.05, 0) is 36.2 Å². The van der Waals surface area contributed by atoms with Crippen molar-refractivity contribution in [2.45, 2.75) is 6.92 Å². The summed E-state index contributed by atoms with van der Waals surface area (Å²) in [7, 11) is 0. The van der Waals surface area contributed by atoms with E-state index in [9.17, 15) is 0 Å². The number of nitrogens with two attached hydrogens (primary N) is 1. The first kappa shape index (κ1) is 13.6. The number of anilines is 1. The summed E-state index contributed by atoms with van der Waals surface area (Å²) in [4.78, 5) is 4.71. The predicted octanol–water partition coefficient (Wildman–Crippen LogP) is 5.05. The van der Waals surface area contributed by atoms with Crippen molar-refractivity contribution >= 4 is 16.8 Å². The third-order valence-electron chi connectivity index (χ3n) is 4.03. The molecule has 0 aliphatic heterocycles. The number of fused-ring (bicyclic) bond motifs is 1. The molecule has 1 heterocycles. The molecule has 4 rings (SSSR count). The highest BCUT2D eigenvalue weighted by molar-refractivity contribution is 5.92. The quantitative estimate of drug-likeness (QED) is 0.527. The van der Waals surface area contributed by atoms with E-state index in [1.165, 1.54) is 0 Å². The summed E-state index contributed by atoms with van der Waals surface area (Å²) in [5.74, 6) is 0.593. The Morgan fingerprint density at radius 3 is 2.48 bits per heavy atom. The van der Waals surface area contributed by atoms with E-state index in [-0.39, 0.29) is 0 Å². The maximum absolute atomic E-state index is 6.00. The Morgan fingerprint density at radius 2 is 1.70 bits per heavy atom. The molecular formula is C20H16N2O. The zero-order valence-electron chi connectivity index (χ0n) is 12.8. The van der Waals surface area contributed by atoms with Gasteiger partial charge in [-0.15, -0.1) is 0 Å². The van der Waals surface area contributed by atoms with Crippen molar-refractivity contribution < 1.29 is 4.42 Å². The summed E-state index contributed by atoms with van der Waals surface area (Å²) >= 11 is 0. The Balaban J connectivity index is 1.90. The van der Waals surface area contributed by atoms with Crippen molar-refractivity contribution in [3.05, 3.63) is 72.3 Å². The summed E-state index contributed by atoms with van der Waals surface area (Å²) < 4.78 is 5.94. The maximum Gasteiger partial charge on any atom is 0.227 e. The molecular weight excluding hydrogens is 284 g/mol. The standard InChI is InChI=1S/C20H16N2O/c1-13-10-11-15(12-17(13)21)20-22-19-16(8-5-9-18(19)23-20)14-6-3-2-4-7-14/h2-12H,21H2,1H3. The van der Waals surface area contributed by atoms with Crippen LogP contribution in [0.1, 0.15) is 5.56 Å². The lowest BCUT2D eigenvalue weighted by molar-refractivity contribution is 0.620. The molecule has 0 spiro atoms. The van der Waals surface area contributed by atoms with Gasteiger partial charge in [-0.1, -0.05) is 48.5 Å². The number of nitrogens with zero attached hydrogens (tertiary/aromatic N) is 1. The molecule has 0 fully saturated rings. The molecule has 0 aliphatic rings. The van der Waals surface area contributed by atoms with Crippen molar-refractivity contribution in [2.24, 2.45) is 0 Å². The van der Waals surface area contributed by atoms with Crippen molar-refractivity contribution in [2.75, 3.05) is 5.73 Å². The lowest BCUT2D eigenvalue weighted by Gasteiger charge is -2.01. The third-order valence-corrected chi connectivity index (χ3v) is 4.03. The van der Waals surface area contributed by atoms with Crippen LogP contribution in [0.3, 0.4) is 0 Å². The molecule has 0 amide bonds. The molecule has 4 aromatic rings. The highest BCUT2D eigenvalue weighted by Gasteiger charge is 2.13. The van der Waals surface area contributed by atoms with Crippen LogP contribution in [-0.4, -0.2) is 4.98 Å². The van der Waals surface area contributed by atoms with E-state index >= 15 is 0 Å². The van der Waals surface area contributed by atoms with Crippen molar-refractivity contribution in [1.82, 2.24) is 4.98 Å². The molecule has 0 bridgehead atoms. The van der Waals surface area contributed by atoms with Gasteiger partial charge in [-0.25, -0.2) is 4.98 Å². The summed E-state index contributed by atoms with van der Waals surface area (Å²) in [5, 5.41) is 0. The number of aromatic nitrogens is 1. The normalized spacial score (nSPS) is 11.0. The molecule has 1 aromatic heterocycles. The SMILES string of the molecule is Cc1ccc(-c2nc3c(-c4ccccc4)cccc3o2)cc1N. The Labute approximate surface area is 134 Å². The average molecular weight is 300 g/mol. The fourth-order valence-electron chi connectivity index (χ4n) is 2.70. The number of hydrogen-bond donors (Lipinski definition) is 1. The van der Waals surface area contributed by atoms with Crippen LogP contribution in [0.2, 0.25) is 0 Å². The largest absolute Gasteiger partial charge is 0.436 e. The number of rotatable bonds is 2. The van der Waals surface area contributed by atoms with Crippen molar-refractivity contribution in [1.29, 1.82) is 0 Å². The second-order valence-corrected chi connectivity index (χ2v) is 5.61. The molecule has 2 N–H and O–H groups in total. The topological polar surface area (TPSA) is 52.0 Å². The first-order valence-electron chi connectivity index (χ1n) is 7.54. The summed E-state index contributed by atoms with van der Waals surface area (Å²) in [6.45, 7) is 1.98. The van der Waals surface area contributed by atoms with Crippen LogP contribution < -0.4 is 5.73 Å². The van der Waals surface area contributed by atoms with Gasteiger partial charge in [0, 0.05) is 16.8 Å². The van der Waals surface area contributed by atoms with Gasteiger partial charge in [0.1, 0.15) is 5.52 Å². The molecule has 3 aromatic carbocycles. The molecule has 0 radical (unpaired) electrons. The van der Waals surface area contributed by atoms with Gasteiger partial charge in [0.15, 0.2) is 5.58 Å². The fourth-order valence-corrected chi connectivity index (χ4v) is 2.70. The minimum atomic E-state index is 0.593. The van der Waals surface area contributed by atoms with Crippen molar-refractivity contribution in [3.63, 3.8) is 0 Å². The first-order valence-corrected chi connectivity index (χ1v) is 7.54. The zero-order valence-corrected chi connectivity index (χ0v) is 12.8. The molecule has 112 valence electrons. The number of para-hydroxylation sites is 1. The second-order valence-electron chi connectivity index (χ2n) is 5.61. The van der Waals surface area contributed by atoms with Gasteiger partial charge in [0.25, 0.3) is 0 Å². The van der Waals surface area contributed by atoms with Crippen LogP contribution in [0, 0.1) is 6.92 Å². The van der Waals surface area contributed by atoms with Gasteiger partial charge < -0.3 is 10.2 Å². The number of aryl methyl sites for hydroxylation is 1. The molecule has 0 saturated carbocycles. The van der Waals surface area contributed by atoms with Gasteiger partial charge >= 0.3 is 0 Å². The molecule has 23 heavy (non-hydrogen) atoms. The molecule has 0 aliphatic carbocycles. The first-order chi connectivity index (χ1) is 11.2. The van der Waals surface area contributed by atoms with Crippen LogP contribution in [0.25, 0.3) is 33.7 Å². The molecule has 0 saturated heterocycles. The number of nitrogen functional groups attached to an aromatic ring is 1. The lowest BCUT2D eigenvalue weighted by Crippen LogP contribution is -1.89. The van der Waals surface area contributed by atoms with Crippen LogP contribution in [-0.2, 0) is 0 Å². The van der Waals surface area contributed by atoms with Crippen LogP contribution >= 0.6 is 0 Å². The Kier molecular flexibility index (Phi) is 3.12. The Hall–Kier alpha value is -3.07. The summed E-state index contributed by atoms with van der Waals surface area (Å²) in [6, 6.07) is 22.1. The van der Waals surface area contributed by atoms with E-state index in [1.54, 1.807) is 0 Å². The number of oxazole rings is 1. The maximum atomic E-state index is 6.00. The number of hydrogen-bond acceptors (Lipinski definition) is 3. The van der Waals surface area contributed by atoms with Crippen LogP contribution in [0.5, 0.6) is 0 Å². The van der Waals surface area contributed by atoms with Crippen LogP contribution in [0.15, 0.2) is 71.1 Å². The van der Waals surface area contributed by atoms with Gasteiger partial charge in [0.2, 0.25) is 5.89 Å². The second kappa shape index (κ2) is 5.29. The van der Waals surface area contributed by atoms with E-state index in [0.29, 0.717) is 5.89 Å². The molecule has 3 heteroatoms. The van der Waals surface area contributed by atoms with E-state index in [2.05, 4.69) is 18.2 Å². The lowest BCUT2D eigenvalue weighted by atomic mass is 10.0. The average Bonchev–Trinajstić information content (AvgIpc) is 3.02. The Bertz CT molecular complexity index is 987. The van der Waals surface area contributed by atoms with E-state index in [1.807, 2.05) is 55.5 Å². The van der Waals surface area contributed by atoms with Gasteiger partial charge in [-0.3, -0.25) is 0 Å². The molecule has 3 nitrogen and oxygen atoms in total.